The summed E-state index contributed by atoms with van der Waals surface area (Å²) in [5.74, 6) is -4.01. The number of carbonyl (C=O) groups excluding carboxylic acids is 2. The number of fused-ring (bicyclic) bond motifs is 2. The van der Waals surface area contributed by atoms with Crippen molar-refractivity contribution in [3.63, 3.8) is 0 Å². The predicted octanol–water partition coefficient (Wildman–Crippen LogP) is 8.26. The molecule has 8 rings (SSSR count). The molecule has 5 heterocycles. The Hall–Kier alpha value is -4.37. The molecular weight excluding hydrogens is 743 g/mol. The van der Waals surface area contributed by atoms with Gasteiger partial charge in [-0.1, -0.05) is 11.6 Å². The maximum atomic E-state index is 15.6. The van der Waals surface area contributed by atoms with Crippen LogP contribution in [0.25, 0.3) is 22.3 Å². The van der Waals surface area contributed by atoms with E-state index in [1.54, 1.807) is 23.2 Å². The van der Waals surface area contributed by atoms with Gasteiger partial charge >= 0.3 is 0 Å². The molecule has 10 nitrogen and oxygen atoms in total. The van der Waals surface area contributed by atoms with Gasteiger partial charge < -0.3 is 20.1 Å². The SMILES string of the molecule is CC(C)n1cnc2cc(-c3cnc4c(c3)N(C3CC(C)(N5CCCC(F)C5)C3)C(=O)C4(C)C)nc(Nc3cc(C(=O)NC4(C(F)F)CC4)c(Cl)c(F)c3F)c21. The number of rotatable bonds is 9. The van der Waals surface area contributed by atoms with Gasteiger partial charge in [-0.2, -0.15) is 0 Å². The van der Waals surface area contributed by atoms with Gasteiger partial charge in [-0.3, -0.25) is 19.5 Å². The molecule has 292 valence electrons. The molecule has 2 aliphatic carbocycles. The van der Waals surface area contributed by atoms with E-state index in [0.29, 0.717) is 59.5 Å². The number of pyridine rings is 2. The van der Waals surface area contributed by atoms with E-state index >= 15 is 8.78 Å². The first-order valence-electron chi connectivity index (χ1n) is 18.6. The van der Waals surface area contributed by atoms with Crippen molar-refractivity contribution in [1.29, 1.82) is 0 Å². The molecule has 0 radical (unpaired) electrons. The number of imidazole rings is 1. The Kier molecular flexibility index (Phi) is 8.95. The molecule has 4 aliphatic rings. The number of aromatic nitrogens is 4. The molecule has 1 unspecified atom stereocenters. The maximum Gasteiger partial charge on any atom is 0.261 e. The Morgan fingerprint density at radius 3 is 2.44 bits per heavy atom. The van der Waals surface area contributed by atoms with Crippen LogP contribution in [0.1, 0.15) is 95.2 Å². The highest BCUT2D eigenvalue weighted by Crippen LogP contribution is 2.50. The number of carbonyl (C=O) groups is 2. The van der Waals surface area contributed by atoms with Gasteiger partial charge in [0.1, 0.15) is 17.2 Å². The van der Waals surface area contributed by atoms with E-state index in [9.17, 15) is 22.8 Å². The zero-order chi connectivity index (χ0) is 39.4. The molecule has 3 aromatic heterocycles. The normalized spacial score (nSPS) is 24.4. The second-order valence-electron chi connectivity index (χ2n) is 16.6. The van der Waals surface area contributed by atoms with Crippen molar-refractivity contribution in [2.24, 2.45) is 0 Å². The average Bonchev–Trinajstić information content (AvgIpc) is 3.73. The van der Waals surface area contributed by atoms with E-state index in [1.807, 2.05) is 38.7 Å². The van der Waals surface area contributed by atoms with Gasteiger partial charge in [-0.25, -0.2) is 31.9 Å². The number of hydrogen-bond acceptors (Lipinski definition) is 7. The molecule has 0 bridgehead atoms. The number of nitrogens with zero attached hydrogens (tertiary/aromatic N) is 6. The first-order chi connectivity index (χ1) is 25.9. The van der Waals surface area contributed by atoms with E-state index in [2.05, 4.69) is 27.4 Å². The van der Waals surface area contributed by atoms with Gasteiger partial charge in [0.05, 0.1) is 50.6 Å². The standard InChI is InChI=1S/C39H42ClF5N8O2/c1-19(2)52-18-47-26-13-24(48-33(31(26)52)49-25-12-23(28(40)30(43)29(25)42)34(54)50-39(8-9-39)35(44)45)20-11-27-32(46-16-20)37(3,4)36(55)53(27)22-14-38(5,15-22)51-10-6-7-21(41)17-51/h11-13,16,18-19,21-22,35H,6-10,14-15,17H2,1-5H3,(H,48,49)(H,50,54). The molecular formula is C39H42ClF5N8O2. The van der Waals surface area contributed by atoms with Crippen LogP contribution >= 0.6 is 11.6 Å². The fourth-order valence-corrected chi connectivity index (χ4v) is 8.67. The maximum absolute atomic E-state index is 15.6. The second kappa shape index (κ2) is 13.1. The van der Waals surface area contributed by atoms with Crippen molar-refractivity contribution >= 4 is 51.6 Å². The summed E-state index contributed by atoms with van der Waals surface area (Å²) in [4.78, 5) is 45.3. The van der Waals surface area contributed by atoms with Gasteiger partial charge in [-0.15, -0.1) is 0 Å². The lowest BCUT2D eigenvalue weighted by Gasteiger charge is -2.56. The summed E-state index contributed by atoms with van der Waals surface area (Å²) in [6, 6.07) is 4.31. The van der Waals surface area contributed by atoms with Crippen LogP contribution < -0.4 is 15.5 Å². The summed E-state index contributed by atoms with van der Waals surface area (Å²) in [6.45, 7) is 10.8. The van der Waals surface area contributed by atoms with Crippen molar-refractivity contribution in [2.75, 3.05) is 23.3 Å². The third-order valence-corrected chi connectivity index (χ3v) is 12.3. The quantitative estimate of drug-likeness (QED) is 0.130. The number of alkyl halides is 3. The van der Waals surface area contributed by atoms with Crippen LogP contribution in [0.5, 0.6) is 0 Å². The monoisotopic (exact) mass is 784 g/mol. The van der Waals surface area contributed by atoms with E-state index in [4.69, 9.17) is 21.6 Å². The summed E-state index contributed by atoms with van der Waals surface area (Å²) in [5, 5.41) is 4.24. The minimum atomic E-state index is -2.85. The van der Waals surface area contributed by atoms with Crippen LogP contribution in [0.3, 0.4) is 0 Å². The van der Waals surface area contributed by atoms with E-state index in [0.717, 1.165) is 19.0 Å². The molecule has 16 heteroatoms. The molecule has 0 spiro atoms. The van der Waals surface area contributed by atoms with Gasteiger partial charge in [-0.05, 0) is 97.9 Å². The van der Waals surface area contributed by atoms with E-state index in [1.165, 1.54) is 0 Å². The largest absolute Gasteiger partial charge is 0.341 e. The number of halogens is 6. The Balaban J connectivity index is 1.16. The van der Waals surface area contributed by atoms with Gasteiger partial charge in [0, 0.05) is 35.9 Å². The summed E-state index contributed by atoms with van der Waals surface area (Å²) in [6.07, 6.45) is 2.31. The third-order valence-electron chi connectivity index (χ3n) is 11.9. The Bertz CT molecular complexity index is 2240. The average molecular weight is 785 g/mol. The molecule has 4 aromatic rings. The third kappa shape index (κ3) is 6.12. The number of anilines is 3. The zero-order valence-corrected chi connectivity index (χ0v) is 31.9. The van der Waals surface area contributed by atoms with E-state index < -0.39 is 57.4 Å². The smallest absolute Gasteiger partial charge is 0.261 e. The summed E-state index contributed by atoms with van der Waals surface area (Å²) in [7, 11) is 0. The van der Waals surface area contributed by atoms with Crippen molar-refractivity contribution in [3.05, 3.63) is 58.6 Å². The van der Waals surface area contributed by atoms with Gasteiger partial charge in [0.25, 0.3) is 12.3 Å². The van der Waals surface area contributed by atoms with Crippen LogP contribution in [0, 0.1) is 11.6 Å². The number of hydrogen-bond donors (Lipinski definition) is 2. The molecule has 3 fully saturated rings. The summed E-state index contributed by atoms with van der Waals surface area (Å²) in [5.41, 5.74) is -0.837. The number of amides is 2. The molecule has 55 heavy (non-hydrogen) atoms. The topological polar surface area (TPSA) is 108 Å². The molecule has 2 N–H and O–H groups in total. The van der Waals surface area contributed by atoms with Crippen LogP contribution in [0.15, 0.2) is 30.7 Å². The van der Waals surface area contributed by atoms with Crippen molar-refractivity contribution in [3.8, 4) is 11.3 Å². The minimum absolute atomic E-state index is 0.0388. The fourth-order valence-electron chi connectivity index (χ4n) is 8.44. The highest BCUT2D eigenvalue weighted by molar-refractivity contribution is 6.34. The van der Waals surface area contributed by atoms with Crippen molar-refractivity contribution in [2.45, 2.75) is 114 Å². The minimum Gasteiger partial charge on any atom is -0.341 e. The van der Waals surface area contributed by atoms with Crippen LogP contribution in [-0.4, -0.2) is 79.0 Å². The first-order valence-corrected chi connectivity index (χ1v) is 19.0. The molecule has 1 aromatic carbocycles. The molecule has 1 atom stereocenters. The molecule has 2 amide bonds. The summed E-state index contributed by atoms with van der Waals surface area (Å²) >= 11 is 6.06. The fraction of sp³-hybridized carbons (Fsp3) is 0.513. The second-order valence-corrected chi connectivity index (χ2v) is 16.9. The Morgan fingerprint density at radius 2 is 1.78 bits per heavy atom. The van der Waals surface area contributed by atoms with Crippen LogP contribution in [0.4, 0.5) is 39.1 Å². The lowest BCUT2D eigenvalue weighted by Crippen LogP contribution is -2.64. The number of likely N-dealkylation sites (tertiary alicyclic amines) is 1. The number of benzene rings is 1. The lowest BCUT2D eigenvalue weighted by molar-refractivity contribution is -0.124. The highest BCUT2D eigenvalue weighted by atomic mass is 35.5. The molecule has 2 aliphatic heterocycles. The van der Waals surface area contributed by atoms with Crippen LogP contribution in [-0.2, 0) is 10.2 Å². The number of piperidine rings is 1. The Morgan fingerprint density at radius 1 is 1.05 bits per heavy atom. The summed E-state index contributed by atoms with van der Waals surface area (Å²) < 4.78 is 74.3. The predicted molar refractivity (Wildman–Crippen MR) is 199 cm³/mol. The number of nitrogens with one attached hydrogen (secondary N) is 2. The molecule has 2 saturated carbocycles. The van der Waals surface area contributed by atoms with Crippen molar-refractivity contribution in [1.82, 2.24) is 29.7 Å². The highest BCUT2D eigenvalue weighted by Gasteiger charge is 2.55. The molecule has 1 saturated heterocycles. The van der Waals surface area contributed by atoms with Crippen molar-refractivity contribution < 1.29 is 31.5 Å². The van der Waals surface area contributed by atoms with Crippen LogP contribution in [0.2, 0.25) is 5.02 Å². The van der Waals surface area contributed by atoms with E-state index in [-0.39, 0.29) is 42.2 Å². The zero-order valence-electron chi connectivity index (χ0n) is 31.1. The van der Waals surface area contributed by atoms with Gasteiger partial charge in [0.15, 0.2) is 17.5 Å². The van der Waals surface area contributed by atoms with Gasteiger partial charge in [0.2, 0.25) is 5.91 Å². The Labute approximate surface area is 319 Å². The lowest BCUT2D eigenvalue weighted by atomic mass is 9.71. The first kappa shape index (κ1) is 37.5.